The van der Waals surface area contributed by atoms with Crippen LogP contribution in [0, 0.1) is 12.3 Å². The fourth-order valence-corrected chi connectivity index (χ4v) is 4.57. The molecule has 1 aliphatic rings. The summed E-state index contributed by atoms with van der Waals surface area (Å²) in [7, 11) is 0. The lowest BCUT2D eigenvalue weighted by Gasteiger charge is -2.22. The highest BCUT2D eigenvalue weighted by atomic mass is 32.1. The smallest absolute Gasteiger partial charge is 0.264 e. The number of fused-ring (bicyclic) bond motifs is 1. The van der Waals surface area contributed by atoms with E-state index in [-0.39, 0.29) is 11.3 Å². The Morgan fingerprint density at radius 3 is 2.80 bits per heavy atom. The molecule has 0 spiro atoms. The molecule has 2 aromatic heterocycles. The molecule has 1 fully saturated rings. The molecule has 6 heteroatoms. The summed E-state index contributed by atoms with van der Waals surface area (Å²) in [5.74, 6) is 0.109. The number of nitrogens with zero attached hydrogens (tertiary/aromatic N) is 3. The molecule has 1 saturated heterocycles. The number of carbonyl (C=O) groups excluding carboxylic acids is 1. The van der Waals surface area contributed by atoms with Gasteiger partial charge in [0.15, 0.2) is 0 Å². The Kier molecular flexibility index (Phi) is 3.89. The highest BCUT2D eigenvalue weighted by molar-refractivity contribution is 7.20. The third kappa shape index (κ3) is 2.75. The first-order valence-corrected chi connectivity index (χ1v) is 9.36. The molecule has 1 unspecified atom stereocenters. The number of benzene rings is 1. The molecule has 1 amide bonds. The number of hydrogen-bond donors (Lipinski definition) is 1. The van der Waals surface area contributed by atoms with Crippen molar-refractivity contribution < 1.29 is 4.79 Å². The molecule has 25 heavy (non-hydrogen) atoms. The van der Waals surface area contributed by atoms with Crippen molar-refractivity contribution in [3.63, 3.8) is 0 Å². The molecule has 0 aliphatic carbocycles. The van der Waals surface area contributed by atoms with Crippen LogP contribution in [0.4, 0.5) is 0 Å². The second-order valence-electron chi connectivity index (χ2n) is 7.15. The van der Waals surface area contributed by atoms with E-state index in [1.807, 2.05) is 52.9 Å². The minimum Gasteiger partial charge on any atom is -0.337 e. The van der Waals surface area contributed by atoms with Crippen LogP contribution in [0.3, 0.4) is 0 Å². The Morgan fingerprint density at radius 2 is 2.12 bits per heavy atom. The summed E-state index contributed by atoms with van der Waals surface area (Å²) in [6.07, 6.45) is 0.969. The zero-order chi connectivity index (χ0) is 17.6. The standard InChI is InChI=1S/C19H22N4OS/c1-13-15-10-16(17(24)22-9-8-19(2,11-20)12-22)25-18(15)23(21-13)14-6-4-3-5-7-14/h3-7,10H,8-9,11-12,20H2,1-2H3. The maximum absolute atomic E-state index is 12.9. The average Bonchev–Trinajstić information content (AvgIpc) is 3.31. The van der Waals surface area contributed by atoms with Crippen LogP contribution >= 0.6 is 11.3 Å². The lowest BCUT2D eigenvalue weighted by molar-refractivity contribution is 0.0782. The van der Waals surface area contributed by atoms with Gasteiger partial charge in [0.2, 0.25) is 0 Å². The number of hydrogen-bond acceptors (Lipinski definition) is 4. The number of para-hydroxylation sites is 1. The van der Waals surface area contributed by atoms with E-state index in [1.165, 1.54) is 11.3 Å². The molecule has 130 valence electrons. The van der Waals surface area contributed by atoms with E-state index in [9.17, 15) is 4.79 Å². The lowest BCUT2D eigenvalue weighted by Crippen LogP contribution is -2.34. The number of rotatable bonds is 3. The van der Waals surface area contributed by atoms with Crippen molar-refractivity contribution in [2.24, 2.45) is 11.1 Å². The van der Waals surface area contributed by atoms with Gasteiger partial charge in [0, 0.05) is 18.5 Å². The molecular formula is C19H22N4OS. The predicted octanol–water partition coefficient (Wildman–Crippen LogP) is 3.21. The average molecular weight is 354 g/mol. The molecule has 5 nitrogen and oxygen atoms in total. The number of likely N-dealkylation sites (tertiary alicyclic amines) is 1. The fraction of sp³-hybridized carbons (Fsp3) is 0.368. The van der Waals surface area contributed by atoms with Gasteiger partial charge < -0.3 is 10.6 Å². The van der Waals surface area contributed by atoms with Crippen LogP contribution in [-0.2, 0) is 0 Å². The molecular weight excluding hydrogens is 332 g/mol. The van der Waals surface area contributed by atoms with Crippen molar-refractivity contribution in [3.8, 4) is 5.69 Å². The molecule has 1 atom stereocenters. The number of aromatic nitrogens is 2. The first-order valence-electron chi connectivity index (χ1n) is 8.55. The van der Waals surface area contributed by atoms with E-state index < -0.39 is 0 Å². The summed E-state index contributed by atoms with van der Waals surface area (Å²) in [4.78, 5) is 16.7. The second-order valence-corrected chi connectivity index (χ2v) is 8.18. The SMILES string of the molecule is Cc1nn(-c2ccccc2)c2sc(C(=O)N3CCC(C)(CN)C3)cc12. The van der Waals surface area contributed by atoms with Gasteiger partial charge in [0.1, 0.15) is 4.83 Å². The van der Waals surface area contributed by atoms with Crippen LogP contribution in [0.25, 0.3) is 15.9 Å². The molecule has 2 N–H and O–H groups in total. The zero-order valence-corrected chi connectivity index (χ0v) is 15.3. The molecule has 3 heterocycles. The van der Waals surface area contributed by atoms with Gasteiger partial charge in [-0.15, -0.1) is 11.3 Å². The molecule has 4 rings (SSSR count). The van der Waals surface area contributed by atoms with Crippen molar-refractivity contribution in [2.45, 2.75) is 20.3 Å². The Hall–Kier alpha value is -2.18. The van der Waals surface area contributed by atoms with Crippen LogP contribution in [0.5, 0.6) is 0 Å². The third-order valence-corrected chi connectivity index (χ3v) is 6.19. The van der Waals surface area contributed by atoms with Crippen molar-refractivity contribution >= 4 is 27.5 Å². The molecule has 0 bridgehead atoms. The van der Waals surface area contributed by atoms with Gasteiger partial charge in [0.25, 0.3) is 5.91 Å². The van der Waals surface area contributed by atoms with E-state index >= 15 is 0 Å². The normalized spacial score (nSPS) is 20.5. The van der Waals surface area contributed by atoms with Crippen molar-refractivity contribution in [2.75, 3.05) is 19.6 Å². The van der Waals surface area contributed by atoms with E-state index in [0.29, 0.717) is 6.54 Å². The van der Waals surface area contributed by atoms with E-state index in [2.05, 4.69) is 12.0 Å². The summed E-state index contributed by atoms with van der Waals surface area (Å²) in [5.41, 5.74) is 7.87. The van der Waals surface area contributed by atoms with Crippen molar-refractivity contribution in [1.82, 2.24) is 14.7 Å². The molecule has 1 aliphatic heterocycles. The van der Waals surface area contributed by atoms with Crippen molar-refractivity contribution in [3.05, 3.63) is 47.0 Å². The first kappa shape index (κ1) is 16.3. The summed E-state index contributed by atoms with van der Waals surface area (Å²) in [6.45, 7) is 6.28. The number of carbonyl (C=O) groups is 1. The number of thiophene rings is 1. The second kappa shape index (κ2) is 5.97. The summed E-state index contributed by atoms with van der Waals surface area (Å²) in [6, 6.07) is 12.0. The zero-order valence-electron chi connectivity index (χ0n) is 14.5. The van der Waals surface area contributed by atoms with Gasteiger partial charge in [-0.1, -0.05) is 25.1 Å². The topological polar surface area (TPSA) is 64.2 Å². The third-order valence-electron chi connectivity index (χ3n) is 5.09. The highest BCUT2D eigenvalue weighted by Gasteiger charge is 2.35. The molecule has 3 aromatic rings. The summed E-state index contributed by atoms with van der Waals surface area (Å²) >= 11 is 1.52. The minimum atomic E-state index is 0.0447. The fourth-order valence-electron chi connectivity index (χ4n) is 3.42. The minimum absolute atomic E-state index is 0.0447. The highest BCUT2D eigenvalue weighted by Crippen LogP contribution is 2.34. The number of amides is 1. The largest absolute Gasteiger partial charge is 0.337 e. The van der Waals surface area contributed by atoms with Gasteiger partial charge in [-0.3, -0.25) is 4.79 Å². The van der Waals surface area contributed by atoms with E-state index in [1.54, 1.807) is 0 Å². The Morgan fingerprint density at radius 1 is 1.36 bits per heavy atom. The van der Waals surface area contributed by atoms with Crippen LogP contribution in [0.2, 0.25) is 0 Å². The van der Waals surface area contributed by atoms with Gasteiger partial charge in [-0.05, 0) is 43.5 Å². The number of nitrogens with two attached hydrogens (primary N) is 1. The van der Waals surface area contributed by atoms with Gasteiger partial charge in [-0.2, -0.15) is 5.10 Å². The molecule has 0 radical (unpaired) electrons. The van der Waals surface area contributed by atoms with Gasteiger partial charge in [0.05, 0.1) is 16.3 Å². The van der Waals surface area contributed by atoms with Crippen LogP contribution < -0.4 is 5.73 Å². The van der Waals surface area contributed by atoms with Crippen LogP contribution in [0.1, 0.15) is 28.7 Å². The lowest BCUT2D eigenvalue weighted by atomic mass is 9.90. The Labute approximate surface area is 151 Å². The Balaban J connectivity index is 1.69. The van der Waals surface area contributed by atoms with Gasteiger partial charge >= 0.3 is 0 Å². The maximum Gasteiger partial charge on any atom is 0.264 e. The van der Waals surface area contributed by atoms with E-state index in [4.69, 9.17) is 5.73 Å². The first-order chi connectivity index (χ1) is 12.0. The number of aryl methyl sites for hydroxylation is 1. The van der Waals surface area contributed by atoms with E-state index in [0.717, 1.165) is 46.0 Å². The van der Waals surface area contributed by atoms with Crippen LogP contribution in [0.15, 0.2) is 36.4 Å². The predicted molar refractivity (Wildman–Crippen MR) is 101 cm³/mol. The maximum atomic E-state index is 12.9. The summed E-state index contributed by atoms with van der Waals surface area (Å²) < 4.78 is 1.93. The quantitative estimate of drug-likeness (QED) is 0.785. The monoisotopic (exact) mass is 354 g/mol. The molecule has 0 saturated carbocycles. The Bertz CT molecular complexity index is 930. The van der Waals surface area contributed by atoms with Gasteiger partial charge in [-0.25, -0.2) is 4.68 Å². The molecule has 1 aromatic carbocycles. The van der Waals surface area contributed by atoms with Crippen LogP contribution in [-0.4, -0.2) is 40.2 Å². The summed E-state index contributed by atoms with van der Waals surface area (Å²) in [5, 5.41) is 5.69. The van der Waals surface area contributed by atoms with Crippen molar-refractivity contribution in [1.29, 1.82) is 0 Å².